The summed E-state index contributed by atoms with van der Waals surface area (Å²) < 4.78 is 10.9. The molecule has 0 aromatic rings. The first-order chi connectivity index (χ1) is 10.2. The van der Waals surface area contributed by atoms with Crippen molar-refractivity contribution in [1.29, 1.82) is 0 Å². The second kappa shape index (κ2) is 11.4. The van der Waals surface area contributed by atoms with Crippen molar-refractivity contribution >= 4 is 0 Å². The van der Waals surface area contributed by atoms with Gasteiger partial charge in [-0.2, -0.15) is 0 Å². The summed E-state index contributed by atoms with van der Waals surface area (Å²) in [7, 11) is 0. The van der Waals surface area contributed by atoms with Gasteiger partial charge in [-0.05, 0) is 6.42 Å². The lowest BCUT2D eigenvalue weighted by molar-refractivity contribution is -0.101. The molecule has 0 aliphatic carbocycles. The maximum absolute atomic E-state index is 9.74. The number of hydrogen-bond acceptors (Lipinski definition) is 5. The fraction of sp³-hybridized carbons (Fsp3) is 1.00. The van der Waals surface area contributed by atoms with Crippen LogP contribution in [0.25, 0.3) is 0 Å². The molecule has 1 saturated heterocycles. The molecule has 1 aliphatic heterocycles. The molecule has 0 unspecified atom stereocenters. The number of aliphatic hydroxyl groups excluding tert-OH is 3. The highest BCUT2D eigenvalue weighted by Crippen LogP contribution is 2.19. The Balaban J connectivity index is 2.02. The van der Waals surface area contributed by atoms with Gasteiger partial charge in [0.05, 0.1) is 13.2 Å². The van der Waals surface area contributed by atoms with Crippen molar-refractivity contribution in [3.05, 3.63) is 0 Å². The van der Waals surface area contributed by atoms with Crippen LogP contribution in [0.3, 0.4) is 0 Å². The summed E-state index contributed by atoms with van der Waals surface area (Å²) in [6.07, 6.45) is 6.80. The van der Waals surface area contributed by atoms with E-state index in [-0.39, 0.29) is 13.2 Å². The zero-order valence-corrected chi connectivity index (χ0v) is 13.2. The molecule has 5 nitrogen and oxygen atoms in total. The Hall–Kier alpha value is -0.200. The molecule has 0 radical (unpaired) electrons. The Morgan fingerprint density at radius 2 is 1.67 bits per heavy atom. The molecule has 0 bridgehead atoms. The van der Waals surface area contributed by atoms with Crippen LogP contribution >= 0.6 is 0 Å². The Kier molecular flexibility index (Phi) is 10.2. The third kappa shape index (κ3) is 7.06. The molecule has 0 aromatic heterocycles. The number of aliphatic hydroxyl groups is 3. The van der Waals surface area contributed by atoms with Crippen LogP contribution in [0.4, 0.5) is 0 Å². The first-order valence-corrected chi connectivity index (χ1v) is 8.40. The summed E-state index contributed by atoms with van der Waals surface area (Å²) >= 11 is 0. The number of ether oxygens (including phenoxy) is 2. The van der Waals surface area contributed by atoms with E-state index in [2.05, 4.69) is 6.92 Å². The fourth-order valence-electron chi connectivity index (χ4n) is 2.68. The second-order valence-corrected chi connectivity index (χ2v) is 5.92. The van der Waals surface area contributed by atoms with E-state index in [1.54, 1.807) is 0 Å². The van der Waals surface area contributed by atoms with Gasteiger partial charge >= 0.3 is 0 Å². The highest BCUT2D eigenvalue weighted by Gasteiger charge is 2.40. The van der Waals surface area contributed by atoms with Crippen molar-refractivity contribution in [3.8, 4) is 0 Å². The van der Waals surface area contributed by atoms with Gasteiger partial charge in [0, 0.05) is 6.61 Å². The van der Waals surface area contributed by atoms with Crippen LogP contribution in [-0.2, 0) is 9.47 Å². The molecule has 0 saturated carbocycles. The van der Waals surface area contributed by atoms with E-state index in [1.165, 1.54) is 38.5 Å². The lowest BCUT2D eigenvalue weighted by atomic mass is 10.1. The smallest absolute Gasteiger partial charge is 0.114 e. The van der Waals surface area contributed by atoms with Gasteiger partial charge in [0.25, 0.3) is 0 Å². The minimum atomic E-state index is -0.972. The molecular weight excluding hydrogens is 272 g/mol. The molecule has 3 N–H and O–H groups in total. The minimum absolute atomic E-state index is 0.101. The summed E-state index contributed by atoms with van der Waals surface area (Å²) in [5.41, 5.74) is 0. The zero-order valence-electron chi connectivity index (χ0n) is 13.2. The Bertz CT molecular complexity index is 249. The highest BCUT2D eigenvalue weighted by molar-refractivity contribution is 4.88. The number of unbranched alkanes of at least 4 members (excludes halogenated alkanes) is 7. The lowest BCUT2D eigenvalue weighted by Gasteiger charge is -2.24. The molecule has 1 rings (SSSR count). The van der Waals surface area contributed by atoms with Gasteiger partial charge in [-0.15, -0.1) is 0 Å². The Morgan fingerprint density at radius 1 is 1.05 bits per heavy atom. The maximum Gasteiger partial charge on any atom is 0.114 e. The number of hydrogen-bond donors (Lipinski definition) is 3. The van der Waals surface area contributed by atoms with E-state index in [0.29, 0.717) is 6.61 Å². The topological polar surface area (TPSA) is 79.2 Å². The van der Waals surface area contributed by atoms with Crippen molar-refractivity contribution in [2.24, 2.45) is 0 Å². The molecule has 5 heteroatoms. The molecular formula is C16H32O5. The van der Waals surface area contributed by atoms with Crippen molar-refractivity contribution in [2.45, 2.75) is 82.7 Å². The van der Waals surface area contributed by atoms with Gasteiger partial charge in [-0.1, -0.05) is 51.9 Å². The third-order valence-corrected chi connectivity index (χ3v) is 4.07. The predicted molar refractivity (Wildman–Crippen MR) is 81.2 cm³/mol. The van der Waals surface area contributed by atoms with Crippen molar-refractivity contribution in [3.63, 3.8) is 0 Å². The van der Waals surface area contributed by atoms with Crippen molar-refractivity contribution in [2.75, 3.05) is 19.8 Å². The van der Waals surface area contributed by atoms with E-state index in [0.717, 1.165) is 12.8 Å². The molecule has 4 atom stereocenters. The lowest BCUT2D eigenvalue weighted by Crippen LogP contribution is -2.42. The standard InChI is InChI=1S/C16H32O5/c1-2-3-4-5-6-7-8-9-10-20-14(11-17)16-15(19)13(18)12-21-16/h13-19H,2-12H2,1H3/t13-,14+,15-,16-/m0/s1. The monoisotopic (exact) mass is 304 g/mol. The largest absolute Gasteiger partial charge is 0.394 e. The molecule has 1 fully saturated rings. The molecule has 1 heterocycles. The first-order valence-electron chi connectivity index (χ1n) is 8.40. The van der Waals surface area contributed by atoms with Crippen molar-refractivity contribution in [1.82, 2.24) is 0 Å². The Morgan fingerprint density at radius 3 is 2.19 bits per heavy atom. The molecule has 0 amide bonds. The molecule has 126 valence electrons. The van der Waals surface area contributed by atoms with Gasteiger partial charge in [0.2, 0.25) is 0 Å². The average molecular weight is 304 g/mol. The fourth-order valence-corrected chi connectivity index (χ4v) is 2.68. The van der Waals surface area contributed by atoms with Crippen LogP contribution in [0.5, 0.6) is 0 Å². The van der Waals surface area contributed by atoms with E-state index in [1.807, 2.05) is 0 Å². The van der Waals surface area contributed by atoms with E-state index in [9.17, 15) is 15.3 Å². The van der Waals surface area contributed by atoms with Crippen LogP contribution in [0.15, 0.2) is 0 Å². The van der Waals surface area contributed by atoms with Crippen LogP contribution in [0.2, 0.25) is 0 Å². The summed E-state index contributed by atoms with van der Waals surface area (Å²) in [5, 5.41) is 28.5. The molecule has 0 aromatic carbocycles. The summed E-state index contributed by atoms with van der Waals surface area (Å²) in [6.45, 7) is 2.68. The second-order valence-electron chi connectivity index (χ2n) is 5.92. The van der Waals surface area contributed by atoms with E-state index >= 15 is 0 Å². The van der Waals surface area contributed by atoms with Gasteiger partial charge in [0.15, 0.2) is 0 Å². The zero-order chi connectivity index (χ0) is 15.5. The van der Waals surface area contributed by atoms with Crippen LogP contribution in [0.1, 0.15) is 58.3 Å². The van der Waals surface area contributed by atoms with Crippen molar-refractivity contribution < 1.29 is 24.8 Å². The normalized spacial score (nSPS) is 27.1. The molecule has 1 aliphatic rings. The average Bonchev–Trinajstić information content (AvgIpc) is 2.82. The minimum Gasteiger partial charge on any atom is -0.394 e. The predicted octanol–water partition coefficient (Wildman–Crippen LogP) is 1.63. The first kappa shape index (κ1) is 18.8. The molecule has 21 heavy (non-hydrogen) atoms. The number of rotatable bonds is 12. The summed E-state index contributed by atoms with van der Waals surface area (Å²) in [4.78, 5) is 0. The Labute approximate surface area is 128 Å². The van der Waals surface area contributed by atoms with E-state index in [4.69, 9.17) is 9.47 Å². The van der Waals surface area contributed by atoms with Gasteiger partial charge in [-0.25, -0.2) is 0 Å². The van der Waals surface area contributed by atoms with Gasteiger partial charge in [0.1, 0.15) is 24.4 Å². The SMILES string of the molecule is CCCCCCCCCCO[C@H](CO)[C@@H]1OC[C@H](O)[C@@H]1O. The summed E-state index contributed by atoms with van der Waals surface area (Å²) in [6, 6.07) is 0. The molecule has 0 spiro atoms. The van der Waals surface area contributed by atoms with E-state index < -0.39 is 24.4 Å². The van der Waals surface area contributed by atoms with Crippen LogP contribution in [-0.4, -0.2) is 59.6 Å². The van der Waals surface area contributed by atoms with Gasteiger partial charge < -0.3 is 24.8 Å². The van der Waals surface area contributed by atoms with Crippen LogP contribution < -0.4 is 0 Å². The third-order valence-electron chi connectivity index (χ3n) is 4.07. The quantitative estimate of drug-likeness (QED) is 0.478. The summed E-state index contributed by atoms with van der Waals surface area (Å²) in [5.74, 6) is 0. The van der Waals surface area contributed by atoms with Gasteiger partial charge in [-0.3, -0.25) is 0 Å². The van der Waals surface area contributed by atoms with Crippen LogP contribution in [0, 0.1) is 0 Å². The maximum atomic E-state index is 9.74. The highest BCUT2D eigenvalue weighted by atomic mass is 16.6.